The van der Waals surface area contributed by atoms with Gasteiger partial charge in [0.25, 0.3) is 0 Å². The molecule has 0 aliphatic rings. The summed E-state index contributed by atoms with van der Waals surface area (Å²) in [5.41, 5.74) is 1.13. The summed E-state index contributed by atoms with van der Waals surface area (Å²) in [4.78, 5) is 22.4. The van der Waals surface area contributed by atoms with Gasteiger partial charge in [-0.3, -0.25) is 4.79 Å². The minimum Gasteiger partial charge on any atom is -0.460 e. The van der Waals surface area contributed by atoms with Gasteiger partial charge in [0.1, 0.15) is 17.1 Å². The molecule has 2 aromatic rings. The zero-order chi connectivity index (χ0) is 13.1. The highest BCUT2D eigenvalue weighted by Gasteiger charge is 2.18. The first-order valence-electron chi connectivity index (χ1n) is 5.46. The molecule has 0 atom stereocenters. The molecule has 1 aromatic carbocycles. The predicted octanol–water partition coefficient (Wildman–Crippen LogP) is 2.96. The molecule has 0 unspecified atom stereocenters. The first-order chi connectivity index (χ1) is 8.58. The first kappa shape index (κ1) is 12.1. The monoisotopic (exact) mass is 244 g/mol. The van der Waals surface area contributed by atoms with Gasteiger partial charge in [0, 0.05) is 12.5 Å². The van der Waals surface area contributed by atoms with Gasteiger partial charge in [-0.15, -0.1) is 0 Å². The van der Waals surface area contributed by atoms with Crippen LogP contribution in [0.25, 0.3) is 11.3 Å². The van der Waals surface area contributed by atoms with Gasteiger partial charge in [0.15, 0.2) is 0 Å². The van der Waals surface area contributed by atoms with E-state index in [2.05, 4.69) is 4.74 Å². The summed E-state index contributed by atoms with van der Waals surface area (Å²) in [5, 5.41) is 0. The Bertz CT molecular complexity index is 581. The molecule has 0 fully saturated rings. The van der Waals surface area contributed by atoms with Gasteiger partial charge in [0.05, 0.1) is 0 Å². The third-order valence-corrected chi connectivity index (χ3v) is 2.43. The molecule has 92 valence electrons. The number of hydrogen-bond acceptors (Lipinski definition) is 4. The number of aryl methyl sites for hydroxylation is 1. The molecule has 4 nitrogen and oxygen atoms in total. The second kappa shape index (κ2) is 4.87. The normalized spacial score (nSPS) is 10.1. The summed E-state index contributed by atoms with van der Waals surface area (Å²) >= 11 is 0. The molecule has 4 heteroatoms. The van der Waals surface area contributed by atoms with Gasteiger partial charge >= 0.3 is 11.9 Å². The minimum absolute atomic E-state index is 0.268. The SMILES string of the molecule is CC(=O)OC(=O)c1cc(-c2ccccc2)oc1C. The Hall–Kier alpha value is -2.36. The second-order valence-corrected chi connectivity index (χ2v) is 3.83. The van der Waals surface area contributed by atoms with Gasteiger partial charge in [-0.25, -0.2) is 4.79 Å². The highest BCUT2D eigenvalue weighted by molar-refractivity contribution is 5.97. The van der Waals surface area contributed by atoms with Gasteiger partial charge < -0.3 is 9.15 Å². The van der Waals surface area contributed by atoms with E-state index in [-0.39, 0.29) is 5.56 Å². The summed E-state index contributed by atoms with van der Waals surface area (Å²) in [5.74, 6) is -0.323. The Kier molecular flexibility index (Phi) is 3.28. The highest BCUT2D eigenvalue weighted by Crippen LogP contribution is 2.25. The van der Waals surface area contributed by atoms with Crippen molar-refractivity contribution in [1.82, 2.24) is 0 Å². The molecule has 0 bridgehead atoms. The van der Waals surface area contributed by atoms with Crippen molar-refractivity contribution >= 4 is 11.9 Å². The fraction of sp³-hybridized carbons (Fsp3) is 0.143. The van der Waals surface area contributed by atoms with Crippen molar-refractivity contribution in [3.63, 3.8) is 0 Å². The maximum absolute atomic E-state index is 11.6. The fourth-order valence-corrected chi connectivity index (χ4v) is 1.61. The number of furan rings is 1. The Morgan fingerprint density at radius 2 is 1.83 bits per heavy atom. The van der Waals surface area contributed by atoms with E-state index in [9.17, 15) is 9.59 Å². The van der Waals surface area contributed by atoms with Crippen molar-refractivity contribution in [1.29, 1.82) is 0 Å². The van der Waals surface area contributed by atoms with Crippen molar-refractivity contribution in [3.8, 4) is 11.3 Å². The summed E-state index contributed by atoms with van der Waals surface area (Å²) in [6.45, 7) is 2.84. The third-order valence-electron chi connectivity index (χ3n) is 2.43. The lowest BCUT2D eigenvalue weighted by molar-refractivity contribution is -0.135. The first-order valence-corrected chi connectivity index (χ1v) is 5.46. The predicted molar refractivity (Wildman–Crippen MR) is 65.0 cm³/mol. The number of hydrogen-bond donors (Lipinski definition) is 0. The number of esters is 2. The van der Waals surface area contributed by atoms with Gasteiger partial charge in [-0.05, 0) is 13.0 Å². The molecule has 0 spiro atoms. The van der Waals surface area contributed by atoms with E-state index >= 15 is 0 Å². The van der Waals surface area contributed by atoms with E-state index in [4.69, 9.17) is 4.42 Å². The molecule has 0 saturated heterocycles. The Labute approximate surface area is 104 Å². The molecule has 2 rings (SSSR count). The van der Waals surface area contributed by atoms with Crippen LogP contribution in [0.5, 0.6) is 0 Å². The summed E-state index contributed by atoms with van der Waals surface area (Å²) < 4.78 is 10.0. The summed E-state index contributed by atoms with van der Waals surface area (Å²) in [7, 11) is 0. The van der Waals surface area contributed by atoms with E-state index in [1.54, 1.807) is 13.0 Å². The zero-order valence-electron chi connectivity index (χ0n) is 10.1. The maximum atomic E-state index is 11.6. The van der Waals surface area contributed by atoms with Crippen molar-refractivity contribution in [3.05, 3.63) is 47.7 Å². The number of ether oxygens (including phenoxy) is 1. The Balaban J connectivity index is 2.33. The van der Waals surface area contributed by atoms with Crippen molar-refractivity contribution in [2.75, 3.05) is 0 Å². The number of carbonyl (C=O) groups is 2. The van der Waals surface area contributed by atoms with Gasteiger partial charge in [-0.1, -0.05) is 30.3 Å². The van der Waals surface area contributed by atoms with E-state index in [0.29, 0.717) is 11.5 Å². The number of rotatable bonds is 2. The van der Waals surface area contributed by atoms with Crippen LogP contribution in [-0.2, 0) is 9.53 Å². The van der Waals surface area contributed by atoms with E-state index in [0.717, 1.165) is 5.56 Å². The molecule has 0 N–H and O–H groups in total. The van der Waals surface area contributed by atoms with Crippen molar-refractivity contribution < 1.29 is 18.7 Å². The van der Waals surface area contributed by atoms with Gasteiger partial charge in [0.2, 0.25) is 0 Å². The lowest BCUT2D eigenvalue weighted by atomic mass is 10.1. The minimum atomic E-state index is -0.689. The van der Waals surface area contributed by atoms with Crippen LogP contribution in [0.1, 0.15) is 23.0 Å². The fourth-order valence-electron chi connectivity index (χ4n) is 1.61. The van der Waals surface area contributed by atoms with Crippen LogP contribution in [0.4, 0.5) is 0 Å². The highest BCUT2D eigenvalue weighted by atomic mass is 16.6. The van der Waals surface area contributed by atoms with Crippen LogP contribution in [0.15, 0.2) is 40.8 Å². The smallest absolute Gasteiger partial charge is 0.349 e. The molecular formula is C14H12O4. The van der Waals surface area contributed by atoms with Crippen LogP contribution in [0, 0.1) is 6.92 Å². The molecule has 0 aliphatic heterocycles. The van der Waals surface area contributed by atoms with E-state index in [1.165, 1.54) is 6.92 Å². The van der Waals surface area contributed by atoms with Crippen LogP contribution >= 0.6 is 0 Å². The third kappa shape index (κ3) is 2.48. The number of benzene rings is 1. The second-order valence-electron chi connectivity index (χ2n) is 3.83. The number of carbonyl (C=O) groups excluding carboxylic acids is 2. The lowest BCUT2D eigenvalue weighted by Crippen LogP contribution is -2.09. The summed E-state index contributed by atoms with van der Waals surface area (Å²) in [6.07, 6.45) is 0. The maximum Gasteiger partial charge on any atom is 0.349 e. The molecule has 0 aliphatic carbocycles. The van der Waals surface area contributed by atoms with Crippen molar-refractivity contribution in [2.45, 2.75) is 13.8 Å². The summed E-state index contributed by atoms with van der Waals surface area (Å²) in [6, 6.07) is 11.0. The van der Waals surface area contributed by atoms with Crippen LogP contribution < -0.4 is 0 Å². The molecule has 0 amide bonds. The van der Waals surface area contributed by atoms with Gasteiger partial charge in [-0.2, -0.15) is 0 Å². The molecule has 1 aromatic heterocycles. The Morgan fingerprint density at radius 3 is 2.44 bits per heavy atom. The average Bonchev–Trinajstić information content (AvgIpc) is 2.72. The van der Waals surface area contributed by atoms with Crippen LogP contribution in [0.3, 0.4) is 0 Å². The molecular weight excluding hydrogens is 232 g/mol. The zero-order valence-corrected chi connectivity index (χ0v) is 10.1. The molecule has 0 radical (unpaired) electrons. The Morgan fingerprint density at radius 1 is 1.17 bits per heavy atom. The topological polar surface area (TPSA) is 56.5 Å². The standard InChI is InChI=1S/C14H12O4/c1-9-12(14(16)18-10(2)15)8-13(17-9)11-6-4-3-5-7-11/h3-8H,1-2H3. The van der Waals surface area contributed by atoms with Crippen molar-refractivity contribution in [2.24, 2.45) is 0 Å². The van der Waals surface area contributed by atoms with Crippen LogP contribution in [-0.4, -0.2) is 11.9 Å². The average molecular weight is 244 g/mol. The quantitative estimate of drug-likeness (QED) is 0.602. The largest absolute Gasteiger partial charge is 0.460 e. The lowest BCUT2D eigenvalue weighted by Gasteiger charge is -1.96. The molecule has 1 heterocycles. The van der Waals surface area contributed by atoms with E-state index in [1.807, 2.05) is 30.3 Å². The molecule has 0 saturated carbocycles. The van der Waals surface area contributed by atoms with Crippen LogP contribution in [0.2, 0.25) is 0 Å². The van der Waals surface area contributed by atoms with E-state index < -0.39 is 11.9 Å². The molecule has 18 heavy (non-hydrogen) atoms.